The first kappa shape index (κ1) is 12.7. The Morgan fingerprint density at radius 3 is 2.12 bits per heavy atom. The van der Waals surface area contributed by atoms with Crippen LogP contribution >= 0.6 is 11.6 Å². The van der Waals surface area contributed by atoms with Gasteiger partial charge in [0.05, 0.1) is 0 Å². The number of carbonyl (C=O) groups excluding carboxylic acids is 1. The lowest BCUT2D eigenvalue weighted by molar-refractivity contribution is -0.110. The molecule has 0 heterocycles. The van der Waals surface area contributed by atoms with Gasteiger partial charge in [0.2, 0.25) is 0 Å². The van der Waals surface area contributed by atoms with Crippen LogP contribution in [0, 0.1) is 0 Å². The molecule has 0 saturated carbocycles. The third-order valence-corrected chi connectivity index (χ3v) is 2.34. The average Bonchev–Trinajstić information content (AvgIpc) is 2.16. The molecule has 0 atom stereocenters. The Labute approximate surface area is 101 Å². The van der Waals surface area contributed by atoms with Crippen LogP contribution in [0.1, 0.15) is 26.3 Å². The molecule has 0 unspecified atom stereocenters. The first-order chi connectivity index (χ1) is 7.49. The summed E-state index contributed by atoms with van der Waals surface area (Å²) in [5.41, 5.74) is 2.96. The van der Waals surface area contributed by atoms with E-state index in [0.29, 0.717) is 5.02 Å². The summed E-state index contributed by atoms with van der Waals surface area (Å²) in [5, 5.41) is 0.701. The van der Waals surface area contributed by atoms with Gasteiger partial charge in [-0.3, -0.25) is 4.79 Å². The molecule has 16 heavy (non-hydrogen) atoms. The van der Waals surface area contributed by atoms with Crippen LogP contribution in [0.25, 0.3) is 5.57 Å². The number of halogens is 1. The third-order valence-electron chi connectivity index (χ3n) is 2.09. The van der Waals surface area contributed by atoms with Crippen molar-refractivity contribution in [3.05, 3.63) is 52.6 Å². The number of allylic oxidation sites excluding steroid dienone is 4. The van der Waals surface area contributed by atoms with E-state index < -0.39 is 0 Å². The summed E-state index contributed by atoms with van der Waals surface area (Å²) < 4.78 is 0. The molecule has 0 spiro atoms. The predicted octanol–water partition coefficient (Wildman–Crippen LogP) is 4.28. The van der Waals surface area contributed by atoms with Gasteiger partial charge in [-0.05, 0) is 56.2 Å². The van der Waals surface area contributed by atoms with Crippen molar-refractivity contribution in [3.63, 3.8) is 0 Å². The first-order valence-electron chi connectivity index (χ1n) is 5.12. The van der Waals surface area contributed by atoms with Gasteiger partial charge in [-0.2, -0.15) is 0 Å². The van der Waals surface area contributed by atoms with E-state index in [2.05, 4.69) is 0 Å². The number of benzene rings is 1. The molecule has 1 aromatic carbocycles. The van der Waals surface area contributed by atoms with Gasteiger partial charge in [0, 0.05) is 5.02 Å². The molecule has 0 saturated heterocycles. The van der Waals surface area contributed by atoms with Crippen molar-refractivity contribution in [1.82, 2.24) is 0 Å². The number of hydrogen-bond acceptors (Lipinski definition) is 1. The molecule has 0 bridgehead atoms. The molecule has 0 aliphatic carbocycles. The van der Waals surface area contributed by atoms with Gasteiger partial charge >= 0.3 is 0 Å². The standard InChI is InChI=1S/C14H15ClO/c1-10(2)8-14(16)9-11(3)12-4-6-13(15)7-5-12/h4-9H,1-3H3/b11-9+. The minimum Gasteiger partial charge on any atom is -0.290 e. The topological polar surface area (TPSA) is 17.1 Å². The summed E-state index contributed by atoms with van der Waals surface area (Å²) in [4.78, 5) is 11.5. The van der Waals surface area contributed by atoms with E-state index in [1.165, 1.54) is 0 Å². The fourth-order valence-corrected chi connectivity index (χ4v) is 1.46. The monoisotopic (exact) mass is 234 g/mol. The fourth-order valence-electron chi connectivity index (χ4n) is 1.34. The van der Waals surface area contributed by atoms with Crippen molar-refractivity contribution in [2.75, 3.05) is 0 Å². The van der Waals surface area contributed by atoms with Gasteiger partial charge in [0.15, 0.2) is 5.78 Å². The molecule has 1 rings (SSSR count). The number of carbonyl (C=O) groups is 1. The second-order valence-electron chi connectivity index (χ2n) is 3.96. The summed E-state index contributed by atoms with van der Waals surface area (Å²) in [6.45, 7) is 5.73. The van der Waals surface area contributed by atoms with E-state index in [4.69, 9.17) is 11.6 Å². The number of rotatable bonds is 3. The zero-order valence-electron chi connectivity index (χ0n) is 9.75. The molecule has 84 valence electrons. The maximum Gasteiger partial charge on any atom is 0.178 e. The van der Waals surface area contributed by atoms with E-state index in [-0.39, 0.29) is 5.78 Å². The summed E-state index contributed by atoms with van der Waals surface area (Å²) in [6, 6.07) is 7.45. The molecule has 0 aliphatic rings. The highest BCUT2D eigenvalue weighted by Crippen LogP contribution is 2.17. The summed E-state index contributed by atoms with van der Waals surface area (Å²) in [5.74, 6) is 0.0208. The van der Waals surface area contributed by atoms with Crippen molar-refractivity contribution >= 4 is 23.0 Å². The highest BCUT2D eigenvalue weighted by molar-refractivity contribution is 6.30. The van der Waals surface area contributed by atoms with Crippen molar-refractivity contribution in [2.24, 2.45) is 0 Å². The molecule has 0 aromatic heterocycles. The minimum absolute atomic E-state index is 0.0208. The van der Waals surface area contributed by atoms with Crippen LogP contribution in [-0.2, 0) is 4.79 Å². The van der Waals surface area contributed by atoms with Gasteiger partial charge in [0.25, 0.3) is 0 Å². The fraction of sp³-hybridized carbons (Fsp3) is 0.214. The first-order valence-corrected chi connectivity index (χ1v) is 5.50. The second kappa shape index (κ2) is 5.66. The quantitative estimate of drug-likeness (QED) is 0.714. The van der Waals surface area contributed by atoms with Crippen LogP contribution in [0.5, 0.6) is 0 Å². The summed E-state index contributed by atoms with van der Waals surface area (Å²) in [7, 11) is 0. The largest absolute Gasteiger partial charge is 0.290 e. The van der Waals surface area contributed by atoms with Gasteiger partial charge in [-0.1, -0.05) is 29.3 Å². The number of hydrogen-bond donors (Lipinski definition) is 0. The Bertz CT molecular complexity index is 434. The molecule has 1 nitrogen and oxygen atoms in total. The Morgan fingerprint density at radius 2 is 1.62 bits per heavy atom. The van der Waals surface area contributed by atoms with Crippen molar-refractivity contribution in [1.29, 1.82) is 0 Å². The molecule has 0 amide bonds. The molecular formula is C14H15ClO. The highest BCUT2D eigenvalue weighted by Gasteiger charge is 1.98. The molecule has 1 aromatic rings. The molecule has 0 radical (unpaired) electrons. The third kappa shape index (κ3) is 4.03. The van der Waals surface area contributed by atoms with Gasteiger partial charge < -0.3 is 0 Å². The Kier molecular flexibility index (Phi) is 4.51. The van der Waals surface area contributed by atoms with Gasteiger partial charge in [-0.25, -0.2) is 0 Å². The normalized spacial score (nSPS) is 11.1. The lowest BCUT2D eigenvalue weighted by atomic mass is 10.1. The molecular weight excluding hydrogens is 220 g/mol. The van der Waals surface area contributed by atoms with Gasteiger partial charge in [0.1, 0.15) is 0 Å². The van der Waals surface area contributed by atoms with Crippen LogP contribution in [0.2, 0.25) is 5.02 Å². The van der Waals surface area contributed by atoms with Crippen molar-refractivity contribution in [2.45, 2.75) is 20.8 Å². The SMILES string of the molecule is CC(C)=CC(=O)/C=C(\C)c1ccc(Cl)cc1. The predicted molar refractivity (Wildman–Crippen MR) is 69.5 cm³/mol. The van der Waals surface area contributed by atoms with Crippen LogP contribution in [0.4, 0.5) is 0 Å². The van der Waals surface area contributed by atoms with Crippen LogP contribution in [0.15, 0.2) is 42.0 Å². The van der Waals surface area contributed by atoms with E-state index in [1.54, 1.807) is 12.2 Å². The minimum atomic E-state index is 0.0208. The zero-order valence-corrected chi connectivity index (χ0v) is 10.5. The van der Waals surface area contributed by atoms with Crippen LogP contribution in [-0.4, -0.2) is 5.78 Å². The van der Waals surface area contributed by atoms with Crippen molar-refractivity contribution < 1.29 is 4.79 Å². The average molecular weight is 235 g/mol. The van der Waals surface area contributed by atoms with E-state index in [0.717, 1.165) is 16.7 Å². The smallest absolute Gasteiger partial charge is 0.178 e. The second-order valence-corrected chi connectivity index (χ2v) is 4.39. The molecule has 0 N–H and O–H groups in total. The molecule has 2 heteroatoms. The Hall–Kier alpha value is -1.34. The van der Waals surface area contributed by atoms with Crippen LogP contribution < -0.4 is 0 Å². The van der Waals surface area contributed by atoms with E-state index >= 15 is 0 Å². The lowest BCUT2D eigenvalue weighted by Gasteiger charge is -2.00. The Morgan fingerprint density at radius 1 is 1.06 bits per heavy atom. The Balaban J connectivity index is 2.89. The van der Waals surface area contributed by atoms with Gasteiger partial charge in [-0.15, -0.1) is 0 Å². The van der Waals surface area contributed by atoms with Crippen molar-refractivity contribution in [3.8, 4) is 0 Å². The zero-order chi connectivity index (χ0) is 12.1. The lowest BCUT2D eigenvalue weighted by Crippen LogP contribution is -1.89. The summed E-state index contributed by atoms with van der Waals surface area (Å²) >= 11 is 5.80. The maximum atomic E-state index is 11.5. The summed E-state index contributed by atoms with van der Waals surface area (Å²) in [6.07, 6.45) is 3.26. The van der Waals surface area contributed by atoms with E-state index in [1.807, 2.05) is 45.0 Å². The molecule has 0 fully saturated rings. The highest BCUT2D eigenvalue weighted by atomic mass is 35.5. The van der Waals surface area contributed by atoms with Crippen LogP contribution in [0.3, 0.4) is 0 Å². The maximum absolute atomic E-state index is 11.5. The molecule has 0 aliphatic heterocycles. The number of ketones is 1. The van der Waals surface area contributed by atoms with E-state index in [9.17, 15) is 4.79 Å².